The highest BCUT2D eigenvalue weighted by molar-refractivity contribution is 7.99. The number of nitrogens with one attached hydrogen (secondary N) is 1. The second kappa shape index (κ2) is 11.8. The van der Waals surface area contributed by atoms with E-state index in [9.17, 15) is 0 Å². The first-order valence-corrected chi connectivity index (χ1v) is 5.83. The van der Waals surface area contributed by atoms with Gasteiger partial charge in [-0.1, -0.05) is 0 Å². The summed E-state index contributed by atoms with van der Waals surface area (Å²) in [6.07, 6.45) is 2.47. The molecule has 0 aliphatic heterocycles. The normalized spacial score (nSPS) is 9.85. The summed E-state index contributed by atoms with van der Waals surface area (Å²) in [5, 5.41) is 20.0. The van der Waals surface area contributed by atoms with Crippen LogP contribution in [0.15, 0.2) is 0 Å². The van der Waals surface area contributed by atoms with Gasteiger partial charge in [0.25, 0.3) is 0 Å². The van der Waals surface area contributed by atoms with Gasteiger partial charge in [-0.25, -0.2) is 0 Å². The van der Waals surface area contributed by atoms with E-state index in [1.165, 1.54) is 0 Å². The highest BCUT2D eigenvalue weighted by Crippen LogP contribution is 1.99. The summed E-state index contributed by atoms with van der Waals surface area (Å²) in [7, 11) is 0. The van der Waals surface area contributed by atoms with Crippen molar-refractivity contribution in [2.45, 2.75) is 19.3 Å². The molecule has 0 aliphatic carbocycles. The first-order chi connectivity index (χ1) is 6.41. The molecule has 0 saturated heterocycles. The molecule has 4 heteroatoms. The van der Waals surface area contributed by atoms with Crippen LogP contribution in [0, 0.1) is 11.3 Å². The number of aliphatic hydroxyl groups is 1. The predicted octanol–water partition coefficient (Wildman–Crippen LogP) is 0.995. The molecule has 0 amide bonds. The van der Waals surface area contributed by atoms with Crippen molar-refractivity contribution in [3.8, 4) is 6.07 Å². The third kappa shape index (κ3) is 11.8. The first-order valence-electron chi connectivity index (χ1n) is 4.68. The van der Waals surface area contributed by atoms with Crippen LogP contribution in [0.4, 0.5) is 0 Å². The number of nitriles is 1. The Kier molecular flexibility index (Phi) is 11.5. The molecule has 0 unspecified atom stereocenters. The molecular formula is C9H18N2OS. The zero-order valence-corrected chi connectivity index (χ0v) is 8.78. The van der Waals surface area contributed by atoms with E-state index < -0.39 is 0 Å². The average molecular weight is 202 g/mol. The average Bonchev–Trinajstić information content (AvgIpc) is 2.16. The van der Waals surface area contributed by atoms with Crippen molar-refractivity contribution in [2.24, 2.45) is 0 Å². The monoisotopic (exact) mass is 202 g/mol. The third-order valence-corrected chi connectivity index (χ3v) is 2.58. The number of rotatable bonds is 9. The summed E-state index contributed by atoms with van der Waals surface area (Å²) >= 11 is 1.85. The van der Waals surface area contributed by atoms with Crippen molar-refractivity contribution in [1.29, 1.82) is 5.26 Å². The molecule has 0 rings (SSSR count). The van der Waals surface area contributed by atoms with Crippen molar-refractivity contribution in [1.82, 2.24) is 5.32 Å². The van der Waals surface area contributed by atoms with Crippen LogP contribution in [-0.2, 0) is 0 Å². The molecule has 0 atom stereocenters. The highest BCUT2D eigenvalue weighted by Gasteiger charge is 1.89. The van der Waals surface area contributed by atoms with Crippen LogP contribution in [-0.4, -0.2) is 36.3 Å². The molecule has 0 spiro atoms. The van der Waals surface area contributed by atoms with E-state index in [-0.39, 0.29) is 0 Å². The molecule has 0 fully saturated rings. The lowest BCUT2D eigenvalue weighted by Crippen LogP contribution is -2.18. The summed E-state index contributed by atoms with van der Waals surface area (Å²) in [5.74, 6) is 2.13. The topological polar surface area (TPSA) is 56.0 Å². The van der Waals surface area contributed by atoms with E-state index in [0.29, 0.717) is 13.0 Å². The quantitative estimate of drug-likeness (QED) is 0.548. The molecule has 0 saturated carbocycles. The highest BCUT2D eigenvalue weighted by atomic mass is 32.2. The standard InChI is InChI=1S/C9H18N2OS/c10-4-1-2-5-11-6-9-13-8-3-7-12/h11-12H,1-3,5-9H2. The minimum atomic E-state index is 0.294. The SMILES string of the molecule is N#CCCCNCCSCCCO. The van der Waals surface area contributed by atoms with E-state index in [4.69, 9.17) is 10.4 Å². The summed E-state index contributed by atoms with van der Waals surface area (Å²) in [6.45, 7) is 2.23. The Balaban J connectivity index is 2.80. The van der Waals surface area contributed by atoms with Gasteiger partial charge in [-0.2, -0.15) is 17.0 Å². The summed E-state index contributed by atoms with van der Waals surface area (Å²) in [5.41, 5.74) is 0. The fourth-order valence-electron chi connectivity index (χ4n) is 0.830. The Morgan fingerprint density at radius 3 is 2.77 bits per heavy atom. The summed E-state index contributed by atoms with van der Waals surface area (Å²) in [4.78, 5) is 0. The van der Waals surface area contributed by atoms with E-state index in [1.54, 1.807) is 0 Å². The van der Waals surface area contributed by atoms with Gasteiger partial charge >= 0.3 is 0 Å². The fourth-order valence-corrected chi connectivity index (χ4v) is 1.66. The van der Waals surface area contributed by atoms with Crippen LogP contribution in [0.25, 0.3) is 0 Å². The molecular weight excluding hydrogens is 184 g/mol. The van der Waals surface area contributed by atoms with Gasteiger partial charge in [-0.05, 0) is 25.1 Å². The zero-order valence-electron chi connectivity index (χ0n) is 7.96. The maximum Gasteiger partial charge on any atom is 0.0622 e. The number of nitrogens with zero attached hydrogens (tertiary/aromatic N) is 1. The van der Waals surface area contributed by atoms with Crippen LogP contribution < -0.4 is 5.32 Å². The minimum Gasteiger partial charge on any atom is -0.396 e. The van der Waals surface area contributed by atoms with Crippen molar-refractivity contribution in [3.05, 3.63) is 0 Å². The van der Waals surface area contributed by atoms with Crippen LogP contribution in [0.1, 0.15) is 19.3 Å². The van der Waals surface area contributed by atoms with Crippen molar-refractivity contribution >= 4 is 11.8 Å². The van der Waals surface area contributed by atoms with Crippen LogP contribution >= 0.6 is 11.8 Å². The van der Waals surface area contributed by atoms with Gasteiger partial charge in [-0.3, -0.25) is 0 Å². The zero-order chi connectivity index (χ0) is 9.78. The lowest BCUT2D eigenvalue weighted by molar-refractivity contribution is 0.296. The summed E-state index contributed by atoms with van der Waals surface area (Å²) in [6, 6.07) is 2.11. The maximum atomic E-state index is 8.51. The van der Waals surface area contributed by atoms with Gasteiger partial charge in [0.2, 0.25) is 0 Å². The maximum absolute atomic E-state index is 8.51. The van der Waals surface area contributed by atoms with Gasteiger partial charge in [0.1, 0.15) is 0 Å². The second-order valence-corrected chi connectivity index (χ2v) is 3.93. The molecule has 0 aromatic carbocycles. The van der Waals surface area contributed by atoms with Crippen LogP contribution in [0.2, 0.25) is 0 Å². The molecule has 0 bridgehead atoms. The molecule has 13 heavy (non-hydrogen) atoms. The van der Waals surface area contributed by atoms with Crippen molar-refractivity contribution < 1.29 is 5.11 Å². The number of hydrogen-bond acceptors (Lipinski definition) is 4. The molecule has 0 aromatic heterocycles. The van der Waals surface area contributed by atoms with Crippen LogP contribution in [0.5, 0.6) is 0 Å². The van der Waals surface area contributed by atoms with E-state index >= 15 is 0 Å². The van der Waals surface area contributed by atoms with Gasteiger partial charge in [0.15, 0.2) is 0 Å². The molecule has 0 heterocycles. The number of unbranched alkanes of at least 4 members (excludes halogenated alkanes) is 1. The van der Waals surface area contributed by atoms with E-state index in [1.807, 2.05) is 11.8 Å². The van der Waals surface area contributed by atoms with Gasteiger partial charge in [0, 0.05) is 25.3 Å². The minimum absolute atomic E-state index is 0.294. The Morgan fingerprint density at radius 1 is 1.23 bits per heavy atom. The molecule has 0 aromatic rings. The van der Waals surface area contributed by atoms with E-state index in [2.05, 4.69) is 11.4 Å². The number of aliphatic hydroxyl groups excluding tert-OH is 1. The Bertz CT molecular complexity index is 136. The molecule has 3 nitrogen and oxygen atoms in total. The van der Waals surface area contributed by atoms with Gasteiger partial charge in [0.05, 0.1) is 6.07 Å². The largest absolute Gasteiger partial charge is 0.396 e. The van der Waals surface area contributed by atoms with Crippen LogP contribution in [0.3, 0.4) is 0 Å². The number of hydrogen-bond donors (Lipinski definition) is 2. The Labute approximate surface area is 84.5 Å². The van der Waals surface area contributed by atoms with Crippen molar-refractivity contribution in [3.63, 3.8) is 0 Å². The predicted molar refractivity (Wildman–Crippen MR) is 56.7 cm³/mol. The van der Waals surface area contributed by atoms with Gasteiger partial charge in [-0.15, -0.1) is 0 Å². The molecule has 0 radical (unpaired) electrons. The first kappa shape index (κ1) is 12.8. The number of thioether (sulfide) groups is 1. The Morgan fingerprint density at radius 2 is 2.08 bits per heavy atom. The lowest BCUT2D eigenvalue weighted by Gasteiger charge is -2.02. The van der Waals surface area contributed by atoms with Crippen molar-refractivity contribution in [2.75, 3.05) is 31.2 Å². The van der Waals surface area contributed by atoms with E-state index in [0.717, 1.165) is 37.4 Å². The second-order valence-electron chi connectivity index (χ2n) is 2.70. The molecule has 2 N–H and O–H groups in total. The molecule has 76 valence electrons. The third-order valence-electron chi connectivity index (χ3n) is 1.51. The lowest BCUT2D eigenvalue weighted by atomic mass is 10.3. The smallest absolute Gasteiger partial charge is 0.0622 e. The fraction of sp³-hybridized carbons (Fsp3) is 0.889. The van der Waals surface area contributed by atoms with Gasteiger partial charge < -0.3 is 10.4 Å². The summed E-state index contributed by atoms with van der Waals surface area (Å²) < 4.78 is 0. The Hall–Kier alpha value is -0.240. The molecule has 0 aliphatic rings.